The largest absolute Gasteiger partial charge is 0.573 e. The monoisotopic (exact) mass is 1020 g/mol. The predicted octanol–water partition coefficient (Wildman–Crippen LogP) is 16.6. The fourth-order valence-corrected chi connectivity index (χ4v) is 8.49. The van der Waals surface area contributed by atoms with E-state index < -0.39 is 280 Å². The summed E-state index contributed by atoms with van der Waals surface area (Å²) in [5.74, 6) is -2.22. The van der Waals surface area contributed by atoms with Crippen molar-refractivity contribution in [2.45, 2.75) is 104 Å². The van der Waals surface area contributed by atoms with Crippen molar-refractivity contribution in [1.29, 1.82) is 0 Å². The molecule has 0 unspecified atom stereocenters. The van der Waals surface area contributed by atoms with Gasteiger partial charge < -0.3 is 23.4 Å². The van der Waals surface area contributed by atoms with E-state index in [-0.39, 0.29) is 5.56 Å². The van der Waals surface area contributed by atoms with Gasteiger partial charge in [-0.3, -0.25) is 0 Å². The molecule has 0 atom stereocenters. The van der Waals surface area contributed by atoms with Crippen LogP contribution in [-0.2, 0) is 28.6 Å². The van der Waals surface area contributed by atoms with Gasteiger partial charge in [0, 0.05) is 74.4 Å². The first kappa shape index (κ1) is 30.9. The number of ether oxygens (including phenoxy) is 1. The third kappa shape index (κ3) is 8.71. The molecule has 0 spiro atoms. The molecule has 0 saturated heterocycles. The van der Waals surface area contributed by atoms with Crippen LogP contribution < -0.4 is 31.1 Å². The minimum atomic E-state index is -5.98. The lowest BCUT2D eigenvalue weighted by molar-refractivity contribution is -0.274. The Kier molecular flexibility index (Phi) is 6.98. The average molecular weight is 1020 g/mol. The number of hydrogen-bond donors (Lipinski definition) is 0. The number of hydrogen-bond acceptors (Lipinski definition) is 5. The lowest BCUT2D eigenvalue weighted by Gasteiger charge is -2.43. The highest BCUT2D eigenvalue weighted by Gasteiger charge is 2.49. The van der Waals surface area contributed by atoms with Crippen LogP contribution in [0.4, 0.5) is 73.6 Å². The van der Waals surface area contributed by atoms with Crippen molar-refractivity contribution in [1.82, 2.24) is 0 Å². The fourth-order valence-electron chi connectivity index (χ4n) is 8.49. The Morgan fingerprint density at radius 1 is 0.562 bits per heavy atom. The van der Waals surface area contributed by atoms with Crippen LogP contribution in [0.25, 0.3) is 33.2 Å². The molecule has 5 nitrogen and oxygen atoms in total. The van der Waals surface area contributed by atoms with Crippen LogP contribution in [0, 0.1) is 6.92 Å². The summed E-state index contributed by atoms with van der Waals surface area (Å²) in [6, 6.07) is -22.8. The molecule has 6 aromatic carbocycles. The first-order chi connectivity index (χ1) is 42.3. The summed E-state index contributed by atoms with van der Waals surface area (Å²) in [6.45, 7) is 11.6. The van der Waals surface area contributed by atoms with Crippen molar-refractivity contribution >= 4 is 68.4 Å². The molecule has 2 aliphatic heterocycles. The van der Waals surface area contributed by atoms with Crippen molar-refractivity contribution in [3.8, 4) is 28.0 Å². The van der Waals surface area contributed by atoms with Gasteiger partial charge in [0.1, 0.15) is 18.5 Å². The molecule has 10 rings (SSSR count). The Balaban J connectivity index is 1.59. The topological polar surface area (TPSA) is 42.0 Å². The Hall–Kier alpha value is -7.03. The predicted molar refractivity (Wildman–Crippen MR) is 271 cm³/mol. The maximum Gasteiger partial charge on any atom is 0.573 e. The molecule has 73 heavy (non-hydrogen) atoms. The minimum absolute atomic E-state index is 0.234. The van der Waals surface area contributed by atoms with Gasteiger partial charge in [0.2, 0.25) is 0 Å². The average Bonchev–Trinajstić information content (AvgIpc) is 1.66. The summed E-state index contributed by atoms with van der Waals surface area (Å²) in [7, 11) is 0. The molecule has 0 bridgehead atoms. The van der Waals surface area contributed by atoms with Crippen molar-refractivity contribution in [2.75, 3.05) is 9.80 Å². The fraction of sp³-hybridized carbons (Fsp3) is 0.276. The number of furan rings is 2. The number of benzene rings is 6. The van der Waals surface area contributed by atoms with Gasteiger partial charge in [-0.2, -0.15) is 26.3 Å². The molecule has 0 amide bonds. The highest BCUT2D eigenvalue weighted by Crippen LogP contribution is 2.52. The van der Waals surface area contributed by atoms with Gasteiger partial charge in [-0.05, 0) is 87.2 Å². The molecule has 0 saturated carbocycles. The molecule has 0 fully saturated rings. The van der Waals surface area contributed by atoms with Gasteiger partial charge in [0.15, 0.2) is 0 Å². The third-order valence-corrected chi connectivity index (χ3v) is 11.9. The number of alkyl halides is 9. The second-order valence-corrected chi connectivity index (χ2v) is 20.3. The molecule has 15 heteroatoms. The van der Waals surface area contributed by atoms with Gasteiger partial charge in [-0.25, -0.2) is 0 Å². The maximum absolute atomic E-state index is 15.7. The van der Waals surface area contributed by atoms with E-state index in [4.69, 9.17) is 15.7 Å². The van der Waals surface area contributed by atoms with Gasteiger partial charge in [-0.15, -0.1) is 13.2 Å². The highest BCUT2D eigenvalue weighted by molar-refractivity contribution is 6.99. The second-order valence-electron chi connectivity index (χ2n) is 20.3. The minimum Gasteiger partial charge on any atom is -0.473 e. The second kappa shape index (κ2) is 16.5. The number of anilines is 6. The van der Waals surface area contributed by atoms with E-state index in [1.54, 1.807) is 0 Å². The molecule has 2 aromatic heterocycles. The van der Waals surface area contributed by atoms with Crippen LogP contribution in [-0.4, -0.2) is 13.1 Å². The van der Waals surface area contributed by atoms with E-state index in [0.29, 0.717) is 16.7 Å². The standard InChI is InChI=1S/C58H50BF9N2O3/c1-31-22-35(56(60,61)62)24-41(57(63,64)65)50(31)40-30-71-48-28-44-42(27-39(40)48)59-51-45(69(36-19-16-33(17-20-36)53(2,3)4)47-29-49(55(8,9)10)72-52(47)59)25-37(73-58(66,67)68)26-46(51)70(44)43-21-18-34(54(5,6)7)23-38(43)32-14-12-11-13-15-32/h11-30H,1-10H3/i11D,12D,13D,14D,15D,16D,17D,18D,19D,20D,21D,22D,23D,24D,25D,26D,27D,28D,29D,30D. The molecule has 0 aliphatic carbocycles. The van der Waals surface area contributed by atoms with E-state index >= 15 is 26.3 Å². The van der Waals surface area contributed by atoms with E-state index in [1.807, 2.05) is 0 Å². The van der Waals surface area contributed by atoms with Gasteiger partial charge >= 0.3 is 18.7 Å². The van der Waals surface area contributed by atoms with Gasteiger partial charge in [0.05, 0.1) is 60.4 Å². The molecule has 8 aromatic rings. The van der Waals surface area contributed by atoms with E-state index in [2.05, 4.69) is 4.74 Å². The molecule has 0 N–H and O–H groups in total. The van der Waals surface area contributed by atoms with Crippen molar-refractivity contribution < 1.29 is 80.5 Å². The lowest BCUT2D eigenvalue weighted by atomic mass is 9.35. The SMILES string of the molecule is [2H]c1oc2c([2H])c3c(c([2H])c2c1-c1c(C)c([2H])c(C(F)(F)F)c([2H])c1C(F)(F)F)B1c2oc(C(C)(C)C)c([2H])c2N(c2c([2H])c([2H])c(C(C)(C)C)c([2H])c2[2H])c2c([2H])c(OC(F)(F)F)c([2H])c(c21)N3c1c([2H])c([2H])c(C(C)(C)C)c([2H])c1-c1c([2H])c([2H])c([2H])c([2H])c1[2H]. The Labute approximate surface area is 445 Å². The van der Waals surface area contributed by atoms with E-state index in [0.717, 1.165) is 0 Å². The van der Waals surface area contributed by atoms with E-state index in [1.165, 1.54) is 62.3 Å². The zero-order chi connectivity index (χ0) is 70.1. The Bertz CT molecular complexity index is 4620. The van der Waals surface area contributed by atoms with Crippen LogP contribution in [0.2, 0.25) is 0 Å². The number of fused-ring (bicyclic) bond motifs is 5. The van der Waals surface area contributed by atoms with Crippen molar-refractivity contribution in [3.63, 3.8) is 0 Å². The molecular weight excluding hydrogens is 954 g/mol. The molecule has 0 radical (unpaired) electrons. The number of nitrogens with zero attached hydrogens (tertiary/aromatic N) is 2. The quantitative estimate of drug-likeness (QED) is 0.127. The number of rotatable bonds is 5. The molecule has 2 aliphatic rings. The van der Waals surface area contributed by atoms with Crippen LogP contribution in [0.5, 0.6) is 5.75 Å². The summed E-state index contributed by atoms with van der Waals surface area (Å²) in [5.41, 5.74) is -25.5. The van der Waals surface area contributed by atoms with Crippen LogP contribution in [0.1, 0.15) is 123 Å². The lowest BCUT2D eigenvalue weighted by Crippen LogP contribution is -2.61. The first-order valence-electron chi connectivity index (χ1n) is 32.1. The van der Waals surface area contributed by atoms with E-state index in [9.17, 15) is 33.7 Å². The Morgan fingerprint density at radius 2 is 1.19 bits per heavy atom. The molecule has 376 valence electrons. The highest BCUT2D eigenvalue weighted by atomic mass is 19.4. The summed E-state index contributed by atoms with van der Waals surface area (Å²) < 4.78 is 344. The normalized spacial score (nSPS) is 18.0. The van der Waals surface area contributed by atoms with Crippen molar-refractivity contribution in [2.24, 2.45) is 0 Å². The Morgan fingerprint density at radius 3 is 1.78 bits per heavy atom. The summed E-state index contributed by atoms with van der Waals surface area (Å²) >= 11 is 0. The zero-order valence-corrected chi connectivity index (χ0v) is 40.1. The van der Waals surface area contributed by atoms with Crippen LogP contribution in [0.3, 0.4) is 0 Å². The smallest absolute Gasteiger partial charge is 0.473 e. The first-order valence-corrected chi connectivity index (χ1v) is 22.1. The van der Waals surface area contributed by atoms with Gasteiger partial charge in [-0.1, -0.05) is 117 Å². The summed E-state index contributed by atoms with van der Waals surface area (Å²) in [6.07, 6.45) is -19.2. The zero-order valence-electron chi connectivity index (χ0n) is 60.1. The van der Waals surface area contributed by atoms with Crippen LogP contribution >= 0.6 is 0 Å². The summed E-state index contributed by atoms with van der Waals surface area (Å²) in [4.78, 5) is 1.05. The van der Waals surface area contributed by atoms with Gasteiger partial charge in [0.25, 0.3) is 6.71 Å². The van der Waals surface area contributed by atoms with Crippen LogP contribution in [0.15, 0.2) is 130 Å². The molecular formula is C58H50BF9N2O3. The maximum atomic E-state index is 15.7. The molecule has 4 heterocycles. The van der Waals surface area contributed by atoms with Crippen molar-refractivity contribution in [3.05, 3.63) is 155 Å². The third-order valence-electron chi connectivity index (χ3n) is 11.9. The summed E-state index contributed by atoms with van der Waals surface area (Å²) in [5, 5.41) is -1.12. The number of halogens is 9.